The third-order valence-corrected chi connectivity index (χ3v) is 5.57. The van der Waals surface area contributed by atoms with Crippen LogP contribution in [0, 0.1) is 0 Å². The van der Waals surface area contributed by atoms with Gasteiger partial charge in [0.25, 0.3) is 0 Å². The zero-order valence-electron chi connectivity index (χ0n) is 12.8. The molecule has 0 saturated heterocycles. The first kappa shape index (κ1) is 17.7. The lowest BCUT2D eigenvalue weighted by Gasteiger charge is -2.12. The molecule has 0 spiro atoms. The predicted octanol–water partition coefficient (Wildman–Crippen LogP) is 2.99. The summed E-state index contributed by atoms with van der Waals surface area (Å²) in [5, 5.41) is 3.02. The number of carbonyl (C=O) groups is 1. The Hall–Kier alpha value is -1.70. The van der Waals surface area contributed by atoms with E-state index in [-0.39, 0.29) is 17.2 Å². The SMILES string of the molecule is CN(C)S(=O)(=O)c1cccc(C(=O)CNc2ccc(Br)cc2)c1. The highest BCUT2D eigenvalue weighted by Gasteiger charge is 2.18. The molecule has 5 nitrogen and oxygen atoms in total. The second-order valence-electron chi connectivity index (χ2n) is 5.10. The second kappa shape index (κ2) is 7.25. The Labute approximate surface area is 144 Å². The number of carbonyl (C=O) groups excluding carboxylic acids is 1. The van der Waals surface area contributed by atoms with Gasteiger partial charge in [-0.3, -0.25) is 4.79 Å². The van der Waals surface area contributed by atoms with Gasteiger partial charge in [0.05, 0.1) is 11.4 Å². The van der Waals surface area contributed by atoms with Gasteiger partial charge < -0.3 is 5.32 Å². The number of nitrogens with zero attached hydrogens (tertiary/aromatic N) is 1. The van der Waals surface area contributed by atoms with Crippen LogP contribution in [-0.2, 0) is 10.0 Å². The monoisotopic (exact) mass is 396 g/mol. The van der Waals surface area contributed by atoms with Gasteiger partial charge in [0.2, 0.25) is 10.0 Å². The normalized spacial score (nSPS) is 11.5. The molecule has 0 aromatic heterocycles. The fraction of sp³-hybridized carbons (Fsp3) is 0.188. The van der Waals surface area contributed by atoms with Crippen LogP contribution in [0.15, 0.2) is 57.9 Å². The average Bonchev–Trinajstić information content (AvgIpc) is 2.54. The smallest absolute Gasteiger partial charge is 0.242 e. The number of anilines is 1. The molecule has 0 amide bonds. The minimum atomic E-state index is -3.55. The molecule has 2 aromatic carbocycles. The first-order valence-corrected chi connectivity index (χ1v) is 9.09. The maximum absolute atomic E-state index is 12.3. The zero-order chi connectivity index (χ0) is 17.0. The Bertz CT molecular complexity index is 802. The summed E-state index contributed by atoms with van der Waals surface area (Å²) < 4.78 is 26.3. The van der Waals surface area contributed by atoms with Crippen molar-refractivity contribution >= 4 is 37.4 Å². The van der Waals surface area contributed by atoms with Crippen molar-refractivity contribution in [2.24, 2.45) is 0 Å². The van der Waals surface area contributed by atoms with Gasteiger partial charge in [0.1, 0.15) is 0 Å². The molecule has 23 heavy (non-hydrogen) atoms. The topological polar surface area (TPSA) is 66.5 Å². The lowest BCUT2D eigenvalue weighted by molar-refractivity contribution is 0.101. The van der Waals surface area contributed by atoms with E-state index in [9.17, 15) is 13.2 Å². The molecular formula is C16H17BrN2O3S. The summed E-state index contributed by atoms with van der Waals surface area (Å²) in [7, 11) is -0.635. The van der Waals surface area contributed by atoms with Crippen LogP contribution >= 0.6 is 15.9 Å². The fourth-order valence-corrected chi connectivity index (χ4v) is 3.11. The number of sulfonamides is 1. The Morgan fingerprint density at radius 2 is 1.78 bits per heavy atom. The van der Waals surface area contributed by atoms with E-state index < -0.39 is 10.0 Å². The van der Waals surface area contributed by atoms with Crippen LogP contribution in [0.2, 0.25) is 0 Å². The third kappa shape index (κ3) is 4.40. The summed E-state index contributed by atoms with van der Waals surface area (Å²) in [5.74, 6) is -0.177. The molecule has 0 bridgehead atoms. The first-order valence-electron chi connectivity index (χ1n) is 6.86. The van der Waals surface area contributed by atoms with Gasteiger partial charge >= 0.3 is 0 Å². The van der Waals surface area contributed by atoms with Crippen LogP contribution < -0.4 is 5.32 Å². The van der Waals surface area contributed by atoms with E-state index in [0.717, 1.165) is 14.5 Å². The minimum absolute atomic E-state index is 0.0904. The van der Waals surface area contributed by atoms with Crippen molar-refractivity contribution in [1.82, 2.24) is 4.31 Å². The van der Waals surface area contributed by atoms with Crippen molar-refractivity contribution in [3.05, 3.63) is 58.6 Å². The van der Waals surface area contributed by atoms with E-state index in [2.05, 4.69) is 21.2 Å². The lowest BCUT2D eigenvalue weighted by Crippen LogP contribution is -2.22. The van der Waals surface area contributed by atoms with Crippen LogP contribution in [0.1, 0.15) is 10.4 Å². The molecule has 1 N–H and O–H groups in total. The van der Waals surface area contributed by atoms with Crippen molar-refractivity contribution in [2.75, 3.05) is 26.0 Å². The van der Waals surface area contributed by atoms with Gasteiger partial charge in [-0.2, -0.15) is 0 Å². The number of halogens is 1. The number of benzene rings is 2. The van der Waals surface area contributed by atoms with E-state index >= 15 is 0 Å². The molecule has 0 aliphatic carbocycles. The number of rotatable bonds is 6. The number of hydrogen-bond acceptors (Lipinski definition) is 4. The van der Waals surface area contributed by atoms with Gasteiger partial charge in [-0.05, 0) is 36.4 Å². The molecule has 0 saturated carbocycles. The molecule has 2 aromatic rings. The highest BCUT2D eigenvalue weighted by molar-refractivity contribution is 9.10. The molecule has 0 aliphatic rings. The highest BCUT2D eigenvalue weighted by Crippen LogP contribution is 2.16. The van der Waals surface area contributed by atoms with Gasteiger partial charge in [-0.15, -0.1) is 0 Å². The van der Waals surface area contributed by atoms with Crippen molar-refractivity contribution in [2.45, 2.75) is 4.90 Å². The zero-order valence-corrected chi connectivity index (χ0v) is 15.2. The van der Waals surface area contributed by atoms with Crippen molar-refractivity contribution in [3.8, 4) is 0 Å². The Morgan fingerprint density at radius 1 is 1.13 bits per heavy atom. The number of nitrogens with one attached hydrogen (secondary N) is 1. The van der Waals surface area contributed by atoms with Crippen molar-refractivity contribution in [1.29, 1.82) is 0 Å². The van der Waals surface area contributed by atoms with Crippen LogP contribution in [-0.4, -0.2) is 39.1 Å². The summed E-state index contributed by atoms with van der Waals surface area (Å²) in [5.41, 5.74) is 1.18. The maximum atomic E-state index is 12.3. The number of hydrogen-bond donors (Lipinski definition) is 1. The molecule has 7 heteroatoms. The predicted molar refractivity (Wildman–Crippen MR) is 94.3 cm³/mol. The van der Waals surface area contributed by atoms with E-state index in [1.54, 1.807) is 12.1 Å². The fourth-order valence-electron chi connectivity index (χ4n) is 1.89. The quantitative estimate of drug-likeness (QED) is 0.762. The van der Waals surface area contributed by atoms with Gasteiger partial charge in [0.15, 0.2) is 5.78 Å². The van der Waals surface area contributed by atoms with E-state index in [4.69, 9.17) is 0 Å². The third-order valence-electron chi connectivity index (χ3n) is 3.23. The molecule has 0 unspecified atom stereocenters. The lowest BCUT2D eigenvalue weighted by atomic mass is 10.1. The molecule has 0 atom stereocenters. The molecule has 0 fully saturated rings. The Kier molecular flexibility index (Phi) is 5.56. The molecular weight excluding hydrogens is 380 g/mol. The first-order chi connectivity index (χ1) is 10.8. The largest absolute Gasteiger partial charge is 0.378 e. The standard InChI is InChI=1S/C16H17BrN2O3S/c1-19(2)23(21,22)15-5-3-4-12(10-15)16(20)11-18-14-8-6-13(17)7-9-14/h3-10,18H,11H2,1-2H3. The molecule has 0 heterocycles. The summed E-state index contributed by atoms with van der Waals surface area (Å²) in [6, 6.07) is 13.5. The van der Waals surface area contributed by atoms with Crippen LogP contribution in [0.5, 0.6) is 0 Å². The summed E-state index contributed by atoms with van der Waals surface area (Å²) >= 11 is 3.34. The van der Waals surface area contributed by atoms with Crippen LogP contribution in [0.4, 0.5) is 5.69 Å². The average molecular weight is 397 g/mol. The van der Waals surface area contributed by atoms with Gasteiger partial charge in [-0.1, -0.05) is 28.1 Å². The van der Waals surface area contributed by atoms with Gasteiger partial charge in [-0.25, -0.2) is 12.7 Å². The second-order valence-corrected chi connectivity index (χ2v) is 8.17. The van der Waals surface area contributed by atoms with Crippen LogP contribution in [0.25, 0.3) is 0 Å². The van der Waals surface area contributed by atoms with Crippen molar-refractivity contribution in [3.63, 3.8) is 0 Å². The maximum Gasteiger partial charge on any atom is 0.242 e. The van der Waals surface area contributed by atoms with Crippen LogP contribution in [0.3, 0.4) is 0 Å². The number of Topliss-reactive ketones (excluding diaryl/α,β-unsaturated/α-hetero) is 1. The van der Waals surface area contributed by atoms with Crippen molar-refractivity contribution < 1.29 is 13.2 Å². The van der Waals surface area contributed by atoms with E-state index in [0.29, 0.717) is 5.56 Å². The van der Waals surface area contributed by atoms with E-state index in [1.165, 1.54) is 26.2 Å². The molecule has 0 radical (unpaired) electrons. The minimum Gasteiger partial charge on any atom is -0.378 e. The van der Waals surface area contributed by atoms with E-state index in [1.807, 2.05) is 24.3 Å². The Morgan fingerprint density at radius 3 is 2.39 bits per heavy atom. The molecule has 0 aliphatic heterocycles. The molecule has 122 valence electrons. The Balaban J connectivity index is 2.12. The highest BCUT2D eigenvalue weighted by atomic mass is 79.9. The molecule has 2 rings (SSSR count). The number of ketones is 1. The summed E-state index contributed by atoms with van der Waals surface area (Å²) in [6.45, 7) is 0.0904. The summed E-state index contributed by atoms with van der Waals surface area (Å²) in [6.07, 6.45) is 0. The summed E-state index contributed by atoms with van der Waals surface area (Å²) in [4.78, 5) is 12.4. The van der Waals surface area contributed by atoms with Gasteiger partial charge in [0, 0.05) is 29.8 Å².